The largest absolute Gasteiger partial charge is 0.378 e. The number of benzene rings is 1. The second kappa shape index (κ2) is 10.0. The molecule has 0 aliphatic carbocycles. The van der Waals surface area contributed by atoms with Gasteiger partial charge in [0.2, 0.25) is 5.91 Å². The second-order valence-electron chi connectivity index (χ2n) is 7.86. The molecule has 1 saturated heterocycles. The molecule has 1 aliphatic heterocycles. The zero-order chi connectivity index (χ0) is 19.9. The zero-order valence-electron chi connectivity index (χ0n) is 17.3. The molecule has 2 heterocycles. The monoisotopic (exact) mass is 400 g/mol. The molecule has 1 fully saturated rings. The third-order valence-electron chi connectivity index (χ3n) is 5.40. The van der Waals surface area contributed by atoms with Crippen molar-refractivity contribution in [3.8, 4) is 0 Å². The Morgan fingerprint density at radius 2 is 1.96 bits per heavy atom. The number of aryl methyl sites for hydroxylation is 2. The van der Waals surface area contributed by atoms with Gasteiger partial charge >= 0.3 is 0 Å². The number of nitrogens with one attached hydrogen (secondary N) is 1. The fraction of sp³-hybridized carbons (Fsp3) is 0.545. The van der Waals surface area contributed by atoms with Crippen LogP contribution in [0.15, 0.2) is 29.6 Å². The lowest BCUT2D eigenvalue weighted by Gasteiger charge is -2.30. The summed E-state index contributed by atoms with van der Waals surface area (Å²) in [7, 11) is 4.10. The van der Waals surface area contributed by atoms with Crippen LogP contribution in [0.1, 0.15) is 35.5 Å². The third kappa shape index (κ3) is 6.04. The van der Waals surface area contributed by atoms with E-state index in [1.165, 1.54) is 11.3 Å². The van der Waals surface area contributed by atoms with Gasteiger partial charge in [-0.15, -0.1) is 11.3 Å². The molecule has 1 aromatic carbocycles. The number of aromatic nitrogens is 1. The molecule has 152 valence electrons. The molecule has 6 heteroatoms. The number of piperidine rings is 1. The van der Waals surface area contributed by atoms with Gasteiger partial charge in [0.05, 0.1) is 10.7 Å². The van der Waals surface area contributed by atoms with Gasteiger partial charge in [0.25, 0.3) is 0 Å². The standard InChI is InChI=1S/C22H32N4OS/c1-17-24-20(16-28-17)15-26-13-10-19(11-14-26)22(27)23-12-4-5-18-6-8-21(9-7-18)25(2)3/h6-9,16,19H,4-5,10-15H2,1-3H3,(H,23,27). The van der Waals surface area contributed by atoms with E-state index in [1.54, 1.807) is 11.3 Å². The summed E-state index contributed by atoms with van der Waals surface area (Å²) in [6, 6.07) is 8.65. The van der Waals surface area contributed by atoms with Crippen molar-refractivity contribution >= 4 is 22.9 Å². The van der Waals surface area contributed by atoms with Gasteiger partial charge in [0.15, 0.2) is 0 Å². The van der Waals surface area contributed by atoms with Crippen molar-refractivity contribution in [3.63, 3.8) is 0 Å². The minimum absolute atomic E-state index is 0.160. The van der Waals surface area contributed by atoms with Crippen LogP contribution in [0.2, 0.25) is 0 Å². The summed E-state index contributed by atoms with van der Waals surface area (Å²) in [5, 5.41) is 6.41. The molecule has 1 aliphatic rings. The average molecular weight is 401 g/mol. The molecule has 0 bridgehead atoms. The van der Waals surface area contributed by atoms with Crippen molar-refractivity contribution in [2.45, 2.75) is 39.2 Å². The molecule has 5 nitrogen and oxygen atoms in total. The first-order valence-corrected chi connectivity index (χ1v) is 11.1. The predicted molar refractivity (Wildman–Crippen MR) is 117 cm³/mol. The number of hydrogen-bond donors (Lipinski definition) is 1. The summed E-state index contributed by atoms with van der Waals surface area (Å²) < 4.78 is 0. The van der Waals surface area contributed by atoms with Crippen LogP contribution in [0.3, 0.4) is 0 Å². The summed E-state index contributed by atoms with van der Waals surface area (Å²) >= 11 is 1.71. The number of amides is 1. The first-order valence-electron chi connectivity index (χ1n) is 10.2. The van der Waals surface area contributed by atoms with Crippen molar-refractivity contribution in [1.29, 1.82) is 0 Å². The minimum atomic E-state index is 0.160. The molecule has 0 unspecified atom stereocenters. The Bertz CT molecular complexity index is 748. The van der Waals surface area contributed by atoms with Crippen molar-refractivity contribution in [1.82, 2.24) is 15.2 Å². The van der Waals surface area contributed by atoms with Crippen molar-refractivity contribution in [3.05, 3.63) is 45.9 Å². The summed E-state index contributed by atoms with van der Waals surface area (Å²) in [5.74, 6) is 0.389. The van der Waals surface area contributed by atoms with Gasteiger partial charge in [-0.25, -0.2) is 4.98 Å². The van der Waals surface area contributed by atoms with Crippen molar-refractivity contribution in [2.75, 3.05) is 38.6 Å². The van der Waals surface area contributed by atoms with Crippen LogP contribution in [-0.2, 0) is 17.8 Å². The first-order chi connectivity index (χ1) is 13.5. The average Bonchev–Trinajstić information content (AvgIpc) is 3.10. The number of carbonyl (C=O) groups excluding carboxylic acids is 1. The van der Waals surface area contributed by atoms with Gasteiger partial charge in [0, 0.05) is 44.2 Å². The van der Waals surface area contributed by atoms with Crippen molar-refractivity contribution < 1.29 is 4.79 Å². The Kier molecular flexibility index (Phi) is 7.45. The van der Waals surface area contributed by atoms with E-state index < -0.39 is 0 Å². The Labute approximate surface area is 172 Å². The van der Waals surface area contributed by atoms with E-state index in [9.17, 15) is 4.79 Å². The molecule has 1 N–H and O–H groups in total. The fourth-order valence-corrected chi connectivity index (χ4v) is 4.28. The lowest BCUT2D eigenvalue weighted by atomic mass is 9.95. The van der Waals surface area contributed by atoms with Crippen LogP contribution in [0, 0.1) is 12.8 Å². The predicted octanol–water partition coefficient (Wildman–Crippen LogP) is 3.48. The highest BCUT2D eigenvalue weighted by molar-refractivity contribution is 7.09. The Morgan fingerprint density at radius 3 is 2.57 bits per heavy atom. The summed E-state index contributed by atoms with van der Waals surface area (Å²) in [4.78, 5) is 21.5. The van der Waals surface area contributed by atoms with Crippen LogP contribution in [0.25, 0.3) is 0 Å². The van der Waals surface area contributed by atoms with Crippen LogP contribution in [0.5, 0.6) is 0 Å². The SMILES string of the molecule is Cc1nc(CN2CCC(C(=O)NCCCc3ccc(N(C)C)cc3)CC2)cs1. The highest BCUT2D eigenvalue weighted by Crippen LogP contribution is 2.20. The maximum absolute atomic E-state index is 12.5. The Balaban J connectivity index is 1.32. The molecule has 3 rings (SSSR count). The molecule has 0 atom stereocenters. The maximum Gasteiger partial charge on any atom is 0.223 e. The normalized spacial score (nSPS) is 15.5. The van der Waals surface area contributed by atoms with Crippen molar-refractivity contribution in [2.24, 2.45) is 5.92 Å². The number of rotatable bonds is 8. The number of anilines is 1. The highest BCUT2D eigenvalue weighted by atomic mass is 32.1. The number of thiazole rings is 1. The van der Waals surface area contributed by atoms with E-state index in [2.05, 4.69) is 63.8 Å². The summed E-state index contributed by atoms with van der Waals surface area (Å²) in [6.45, 7) is 5.67. The van der Waals surface area contributed by atoms with E-state index in [-0.39, 0.29) is 11.8 Å². The molecular formula is C22H32N4OS. The molecule has 1 aromatic heterocycles. The van der Waals surface area contributed by atoms with Crippen LogP contribution in [0.4, 0.5) is 5.69 Å². The Hall–Kier alpha value is -1.92. The Morgan fingerprint density at radius 1 is 1.25 bits per heavy atom. The van der Waals surface area contributed by atoms with Crippen LogP contribution < -0.4 is 10.2 Å². The van der Waals surface area contributed by atoms with Gasteiger partial charge in [-0.3, -0.25) is 9.69 Å². The number of hydrogen-bond acceptors (Lipinski definition) is 5. The van der Waals surface area contributed by atoms with E-state index in [4.69, 9.17) is 0 Å². The topological polar surface area (TPSA) is 48.5 Å². The molecular weight excluding hydrogens is 368 g/mol. The molecule has 1 amide bonds. The van der Waals surface area contributed by atoms with Crippen LogP contribution in [-0.4, -0.2) is 49.5 Å². The van der Waals surface area contributed by atoms with E-state index in [1.807, 2.05) is 6.92 Å². The van der Waals surface area contributed by atoms with Gasteiger partial charge in [-0.1, -0.05) is 12.1 Å². The number of likely N-dealkylation sites (tertiary alicyclic amines) is 1. The fourth-order valence-electron chi connectivity index (χ4n) is 3.67. The quantitative estimate of drug-likeness (QED) is 0.689. The third-order valence-corrected chi connectivity index (χ3v) is 6.23. The molecule has 28 heavy (non-hydrogen) atoms. The molecule has 0 saturated carbocycles. The highest BCUT2D eigenvalue weighted by Gasteiger charge is 2.24. The molecule has 0 spiro atoms. The minimum Gasteiger partial charge on any atom is -0.378 e. The number of nitrogens with zero attached hydrogens (tertiary/aromatic N) is 3. The van der Waals surface area contributed by atoms with Gasteiger partial charge in [-0.05, 0) is 63.4 Å². The van der Waals surface area contributed by atoms with Crippen LogP contribution >= 0.6 is 11.3 Å². The van der Waals surface area contributed by atoms with Gasteiger partial charge in [0.1, 0.15) is 0 Å². The van der Waals surface area contributed by atoms with Gasteiger partial charge < -0.3 is 10.2 Å². The summed E-state index contributed by atoms with van der Waals surface area (Å²) in [5.41, 5.74) is 3.70. The summed E-state index contributed by atoms with van der Waals surface area (Å²) in [6.07, 6.45) is 3.87. The lowest BCUT2D eigenvalue weighted by Crippen LogP contribution is -2.40. The van der Waals surface area contributed by atoms with E-state index in [0.29, 0.717) is 0 Å². The van der Waals surface area contributed by atoms with E-state index >= 15 is 0 Å². The molecule has 2 aromatic rings. The van der Waals surface area contributed by atoms with Gasteiger partial charge in [-0.2, -0.15) is 0 Å². The first kappa shape index (κ1) is 20.8. The molecule has 0 radical (unpaired) electrons. The van der Waals surface area contributed by atoms with E-state index in [0.717, 1.165) is 62.6 Å². The lowest BCUT2D eigenvalue weighted by molar-refractivity contribution is -0.126. The second-order valence-corrected chi connectivity index (χ2v) is 8.93. The zero-order valence-corrected chi connectivity index (χ0v) is 18.1. The maximum atomic E-state index is 12.5. The number of carbonyl (C=O) groups is 1. The smallest absolute Gasteiger partial charge is 0.223 e.